The second-order valence-corrected chi connectivity index (χ2v) is 6.28. The molecule has 1 fully saturated rings. The number of nitrogens with one attached hydrogen (secondary N) is 2. The van der Waals surface area contributed by atoms with Crippen molar-refractivity contribution in [2.24, 2.45) is 0 Å². The smallest absolute Gasteiger partial charge is 0.221 e. The molecule has 0 aromatic carbocycles. The van der Waals surface area contributed by atoms with Gasteiger partial charge < -0.3 is 10.6 Å². The molecule has 4 nitrogen and oxygen atoms in total. The molecule has 0 aromatic rings. The van der Waals surface area contributed by atoms with Gasteiger partial charge in [0, 0.05) is 31.6 Å². The molecule has 0 aromatic heterocycles. The van der Waals surface area contributed by atoms with E-state index in [0.29, 0.717) is 12.5 Å². The Labute approximate surface area is 124 Å². The standard InChI is InChI=1S/C16H31N3O/c1-13(2)6-10-19-11-7-15(8-12-19)17-9-5-16(20)18-14(3)4/h6,14-15,17H,5,7-12H2,1-4H3,(H,18,20). The van der Waals surface area contributed by atoms with E-state index in [1.54, 1.807) is 0 Å². The minimum Gasteiger partial charge on any atom is -0.354 e. The van der Waals surface area contributed by atoms with Crippen molar-refractivity contribution in [2.75, 3.05) is 26.2 Å². The molecular formula is C16H31N3O. The molecule has 1 rings (SSSR count). The predicted molar refractivity (Wildman–Crippen MR) is 84.8 cm³/mol. The first kappa shape index (κ1) is 17.2. The Balaban J connectivity index is 2.10. The maximum Gasteiger partial charge on any atom is 0.221 e. The zero-order valence-electron chi connectivity index (χ0n) is 13.5. The molecule has 1 amide bonds. The molecule has 0 atom stereocenters. The number of carbonyl (C=O) groups is 1. The fraction of sp³-hybridized carbons (Fsp3) is 0.812. The Morgan fingerprint density at radius 1 is 1.30 bits per heavy atom. The molecule has 1 aliphatic rings. The van der Waals surface area contributed by atoms with Gasteiger partial charge in [0.25, 0.3) is 0 Å². The van der Waals surface area contributed by atoms with Gasteiger partial charge in [-0.2, -0.15) is 0 Å². The highest BCUT2D eigenvalue weighted by atomic mass is 16.1. The Bertz CT molecular complexity index is 314. The van der Waals surface area contributed by atoms with E-state index in [1.165, 1.54) is 18.4 Å². The van der Waals surface area contributed by atoms with E-state index in [9.17, 15) is 4.79 Å². The Morgan fingerprint density at radius 3 is 2.50 bits per heavy atom. The molecule has 0 unspecified atom stereocenters. The molecular weight excluding hydrogens is 250 g/mol. The number of likely N-dealkylation sites (tertiary alicyclic amines) is 1. The first-order chi connectivity index (χ1) is 9.47. The van der Waals surface area contributed by atoms with E-state index in [4.69, 9.17) is 0 Å². The van der Waals surface area contributed by atoms with Crippen LogP contribution in [0.4, 0.5) is 0 Å². The fourth-order valence-corrected chi connectivity index (χ4v) is 2.42. The van der Waals surface area contributed by atoms with Crippen LogP contribution < -0.4 is 10.6 Å². The normalized spacial score (nSPS) is 17.2. The van der Waals surface area contributed by atoms with Crippen molar-refractivity contribution in [3.63, 3.8) is 0 Å². The summed E-state index contributed by atoms with van der Waals surface area (Å²) in [6.45, 7) is 12.5. The van der Waals surface area contributed by atoms with Crippen LogP contribution in [0.2, 0.25) is 0 Å². The third kappa shape index (κ3) is 7.65. The minimum absolute atomic E-state index is 0.147. The zero-order valence-corrected chi connectivity index (χ0v) is 13.5. The van der Waals surface area contributed by atoms with E-state index in [2.05, 4.69) is 35.5 Å². The molecule has 4 heteroatoms. The maximum atomic E-state index is 11.5. The van der Waals surface area contributed by atoms with Gasteiger partial charge in [-0.3, -0.25) is 9.69 Å². The minimum atomic E-state index is 0.147. The second-order valence-electron chi connectivity index (χ2n) is 6.28. The number of rotatable bonds is 7. The van der Waals surface area contributed by atoms with E-state index in [-0.39, 0.29) is 11.9 Å². The van der Waals surface area contributed by atoms with Crippen molar-refractivity contribution in [1.82, 2.24) is 15.5 Å². The summed E-state index contributed by atoms with van der Waals surface area (Å²) in [5.41, 5.74) is 1.39. The maximum absolute atomic E-state index is 11.5. The summed E-state index contributed by atoms with van der Waals surface area (Å²) in [5, 5.41) is 6.43. The van der Waals surface area contributed by atoms with E-state index in [1.807, 2.05) is 13.8 Å². The number of nitrogens with zero attached hydrogens (tertiary/aromatic N) is 1. The van der Waals surface area contributed by atoms with Crippen LogP contribution in [-0.4, -0.2) is 49.1 Å². The molecule has 0 aliphatic carbocycles. The first-order valence-electron chi connectivity index (χ1n) is 7.86. The molecule has 0 saturated carbocycles. The lowest BCUT2D eigenvalue weighted by Gasteiger charge is -2.31. The van der Waals surface area contributed by atoms with Crippen LogP contribution in [0.15, 0.2) is 11.6 Å². The van der Waals surface area contributed by atoms with Gasteiger partial charge in [-0.05, 0) is 53.6 Å². The lowest BCUT2D eigenvalue weighted by molar-refractivity contribution is -0.121. The second kappa shape index (κ2) is 9.14. The lowest BCUT2D eigenvalue weighted by atomic mass is 10.0. The van der Waals surface area contributed by atoms with Gasteiger partial charge in [-0.1, -0.05) is 11.6 Å². The summed E-state index contributed by atoms with van der Waals surface area (Å²) < 4.78 is 0. The lowest BCUT2D eigenvalue weighted by Crippen LogP contribution is -2.43. The summed E-state index contributed by atoms with van der Waals surface area (Å²) in [4.78, 5) is 14.0. The van der Waals surface area contributed by atoms with Gasteiger partial charge in [-0.15, -0.1) is 0 Å². The van der Waals surface area contributed by atoms with Crippen LogP contribution in [0.5, 0.6) is 0 Å². The Morgan fingerprint density at radius 2 is 1.95 bits per heavy atom. The fourth-order valence-electron chi connectivity index (χ4n) is 2.42. The molecule has 1 heterocycles. The van der Waals surface area contributed by atoms with Crippen molar-refractivity contribution in [3.8, 4) is 0 Å². The SMILES string of the molecule is CC(C)=CCN1CCC(NCCC(=O)NC(C)C)CC1. The number of piperidine rings is 1. The molecule has 2 N–H and O–H groups in total. The highest BCUT2D eigenvalue weighted by Crippen LogP contribution is 2.10. The van der Waals surface area contributed by atoms with Gasteiger partial charge in [0.15, 0.2) is 0 Å². The van der Waals surface area contributed by atoms with E-state index < -0.39 is 0 Å². The van der Waals surface area contributed by atoms with Crippen LogP contribution in [0.3, 0.4) is 0 Å². The van der Waals surface area contributed by atoms with Gasteiger partial charge in [0.05, 0.1) is 0 Å². The monoisotopic (exact) mass is 281 g/mol. The number of hydrogen-bond donors (Lipinski definition) is 2. The van der Waals surface area contributed by atoms with E-state index in [0.717, 1.165) is 26.2 Å². The molecule has 0 radical (unpaired) electrons. The summed E-state index contributed by atoms with van der Waals surface area (Å²) in [7, 11) is 0. The molecule has 1 saturated heterocycles. The van der Waals surface area contributed by atoms with Crippen LogP contribution in [0.25, 0.3) is 0 Å². The third-order valence-electron chi connectivity index (χ3n) is 3.58. The largest absolute Gasteiger partial charge is 0.354 e. The molecule has 20 heavy (non-hydrogen) atoms. The molecule has 0 spiro atoms. The topological polar surface area (TPSA) is 44.4 Å². The summed E-state index contributed by atoms with van der Waals surface area (Å²) in [5.74, 6) is 0.147. The number of allylic oxidation sites excluding steroid dienone is 1. The van der Waals surface area contributed by atoms with Gasteiger partial charge in [-0.25, -0.2) is 0 Å². The number of hydrogen-bond acceptors (Lipinski definition) is 3. The summed E-state index contributed by atoms with van der Waals surface area (Å²) in [6, 6.07) is 0.811. The van der Waals surface area contributed by atoms with Crippen molar-refractivity contribution in [3.05, 3.63) is 11.6 Å². The van der Waals surface area contributed by atoms with Gasteiger partial charge >= 0.3 is 0 Å². The van der Waals surface area contributed by atoms with Crippen LogP contribution in [-0.2, 0) is 4.79 Å². The predicted octanol–water partition coefficient (Wildman–Crippen LogP) is 1.92. The summed E-state index contributed by atoms with van der Waals surface area (Å²) >= 11 is 0. The molecule has 0 bridgehead atoms. The van der Waals surface area contributed by atoms with Crippen molar-refractivity contribution in [1.29, 1.82) is 0 Å². The Hall–Kier alpha value is -0.870. The number of amides is 1. The first-order valence-corrected chi connectivity index (χ1v) is 7.86. The van der Waals surface area contributed by atoms with Crippen LogP contribution in [0.1, 0.15) is 47.0 Å². The van der Waals surface area contributed by atoms with Crippen molar-refractivity contribution < 1.29 is 4.79 Å². The van der Waals surface area contributed by atoms with Crippen molar-refractivity contribution >= 4 is 5.91 Å². The van der Waals surface area contributed by atoms with Crippen LogP contribution in [0, 0.1) is 0 Å². The average molecular weight is 281 g/mol. The molecule has 116 valence electrons. The zero-order chi connectivity index (χ0) is 15.0. The Kier molecular flexibility index (Phi) is 7.85. The van der Waals surface area contributed by atoms with E-state index >= 15 is 0 Å². The number of carbonyl (C=O) groups excluding carboxylic acids is 1. The van der Waals surface area contributed by atoms with Crippen molar-refractivity contribution in [2.45, 2.75) is 59.0 Å². The third-order valence-corrected chi connectivity index (χ3v) is 3.58. The van der Waals surface area contributed by atoms with Gasteiger partial charge in [0.2, 0.25) is 5.91 Å². The highest BCUT2D eigenvalue weighted by molar-refractivity contribution is 5.76. The van der Waals surface area contributed by atoms with Crippen LogP contribution >= 0.6 is 0 Å². The quantitative estimate of drug-likeness (QED) is 0.701. The highest BCUT2D eigenvalue weighted by Gasteiger charge is 2.17. The van der Waals surface area contributed by atoms with Gasteiger partial charge in [0.1, 0.15) is 0 Å². The summed E-state index contributed by atoms with van der Waals surface area (Å²) in [6.07, 6.45) is 5.24. The molecule has 1 aliphatic heterocycles. The average Bonchev–Trinajstić information content (AvgIpc) is 2.37.